The van der Waals surface area contributed by atoms with Gasteiger partial charge >= 0.3 is 0 Å². The Morgan fingerprint density at radius 3 is 2.57 bits per heavy atom. The molecule has 3 heterocycles. The van der Waals surface area contributed by atoms with E-state index in [2.05, 4.69) is 24.0 Å². The number of carbonyl (C=O) groups excluding carboxylic acids is 2. The molecule has 1 fully saturated rings. The van der Waals surface area contributed by atoms with Gasteiger partial charge in [0.1, 0.15) is 12.1 Å². The number of benzene rings is 2. The highest BCUT2D eigenvalue weighted by Crippen LogP contribution is 2.37. The van der Waals surface area contributed by atoms with Gasteiger partial charge in [-0.15, -0.1) is 0 Å². The van der Waals surface area contributed by atoms with Crippen molar-refractivity contribution in [1.82, 2.24) is 14.8 Å². The number of unbranched alkanes of at least 4 members (excludes halogenated alkanes) is 1. The van der Waals surface area contributed by atoms with E-state index >= 15 is 0 Å². The zero-order valence-corrected chi connectivity index (χ0v) is 17.5. The molecule has 5 rings (SSSR count). The Labute approximate surface area is 176 Å². The van der Waals surface area contributed by atoms with Crippen molar-refractivity contribution in [2.45, 2.75) is 51.7 Å². The average Bonchev–Trinajstić information content (AvgIpc) is 3.13. The molecule has 5 nitrogen and oxygen atoms in total. The molecule has 0 radical (unpaired) electrons. The Morgan fingerprint density at radius 1 is 1.03 bits per heavy atom. The van der Waals surface area contributed by atoms with Gasteiger partial charge in [0.05, 0.1) is 6.54 Å². The topological polar surface area (TPSA) is 56.4 Å². The second-order valence-electron chi connectivity index (χ2n) is 8.51. The van der Waals surface area contributed by atoms with Crippen LogP contribution >= 0.6 is 0 Å². The number of H-pyrrole nitrogens is 1. The predicted octanol–water partition coefficient (Wildman–Crippen LogP) is 4.11. The number of aromatic nitrogens is 1. The van der Waals surface area contributed by atoms with E-state index in [0.717, 1.165) is 40.6 Å². The molecule has 3 aromatic rings. The predicted molar refractivity (Wildman–Crippen MR) is 117 cm³/mol. The number of fused-ring (bicyclic) bond motifs is 4. The highest BCUT2D eigenvalue weighted by molar-refractivity contribution is 5.99. The van der Waals surface area contributed by atoms with Crippen LogP contribution in [-0.2, 0) is 22.6 Å². The van der Waals surface area contributed by atoms with E-state index in [4.69, 9.17) is 0 Å². The summed E-state index contributed by atoms with van der Waals surface area (Å²) in [6, 6.07) is 15.2. The second-order valence-corrected chi connectivity index (χ2v) is 8.51. The van der Waals surface area contributed by atoms with Crippen LogP contribution in [0.5, 0.6) is 0 Å². The first kappa shape index (κ1) is 18.9. The van der Waals surface area contributed by atoms with Crippen LogP contribution in [0.4, 0.5) is 0 Å². The molecule has 0 bridgehead atoms. The Kier molecular flexibility index (Phi) is 4.61. The fourth-order valence-electron chi connectivity index (χ4n) is 4.91. The molecule has 2 amide bonds. The summed E-state index contributed by atoms with van der Waals surface area (Å²) in [7, 11) is 0. The molecule has 1 N–H and O–H groups in total. The Morgan fingerprint density at radius 2 is 1.80 bits per heavy atom. The minimum Gasteiger partial charge on any atom is -0.357 e. The lowest BCUT2D eigenvalue weighted by Gasteiger charge is -2.47. The summed E-state index contributed by atoms with van der Waals surface area (Å²) in [6.45, 7) is 5.22. The van der Waals surface area contributed by atoms with Crippen molar-refractivity contribution in [3.05, 3.63) is 70.9 Å². The van der Waals surface area contributed by atoms with Gasteiger partial charge in [-0.3, -0.25) is 9.59 Å². The third kappa shape index (κ3) is 2.92. The standard InChI is InChI=1S/C25H27N3O2/c1-3-4-13-27-23(17-11-9-16(2)10-12-17)25(30)28-15-21-19(14-22(28)24(27)29)18-7-5-6-8-20(18)26-21/h5-12,22-23,26H,3-4,13-15H2,1-2H3/t22-,23+/m1/s1. The van der Waals surface area contributed by atoms with Gasteiger partial charge in [0.25, 0.3) is 5.91 Å². The molecule has 1 aromatic heterocycles. The monoisotopic (exact) mass is 401 g/mol. The number of carbonyl (C=O) groups is 2. The molecule has 0 unspecified atom stereocenters. The SMILES string of the molecule is CCCCN1C(=O)[C@H]2Cc3c([nH]c4ccccc34)CN2C(=O)[C@@H]1c1ccc(C)cc1. The van der Waals surface area contributed by atoms with Crippen molar-refractivity contribution in [2.75, 3.05) is 6.54 Å². The van der Waals surface area contributed by atoms with E-state index in [0.29, 0.717) is 19.5 Å². The largest absolute Gasteiger partial charge is 0.357 e. The smallest absolute Gasteiger partial charge is 0.251 e. The summed E-state index contributed by atoms with van der Waals surface area (Å²) in [5.41, 5.74) is 5.35. The van der Waals surface area contributed by atoms with E-state index in [9.17, 15) is 9.59 Å². The minimum atomic E-state index is -0.535. The highest BCUT2D eigenvalue weighted by atomic mass is 16.2. The van der Waals surface area contributed by atoms with Crippen LogP contribution in [0.1, 0.15) is 48.2 Å². The fraction of sp³-hybridized carbons (Fsp3) is 0.360. The molecule has 154 valence electrons. The van der Waals surface area contributed by atoms with Gasteiger partial charge in [0.15, 0.2) is 0 Å². The highest BCUT2D eigenvalue weighted by Gasteiger charge is 2.48. The van der Waals surface area contributed by atoms with Crippen LogP contribution < -0.4 is 0 Å². The quantitative estimate of drug-likeness (QED) is 0.715. The summed E-state index contributed by atoms with van der Waals surface area (Å²) >= 11 is 0. The summed E-state index contributed by atoms with van der Waals surface area (Å²) in [5, 5.41) is 1.16. The molecule has 2 aliphatic heterocycles. The van der Waals surface area contributed by atoms with E-state index in [-0.39, 0.29) is 11.8 Å². The lowest BCUT2D eigenvalue weighted by Crippen LogP contribution is -2.62. The van der Waals surface area contributed by atoms with Gasteiger partial charge in [-0.1, -0.05) is 61.4 Å². The van der Waals surface area contributed by atoms with Crippen molar-refractivity contribution >= 4 is 22.7 Å². The summed E-state index contributed by atoms with van der Waals surface area (Å²) in [5.74, 6) is 0.105. The van der Waals surface area contributed by atoms with Crippen LogP contribution in [0.15, 0.2) is 48.5 Å². The number of aryl methyl sites for hydroxylation is 1. The number of nitrogens with zero attached hydrogens (tertiary/aromatic N) is 2. The van der Waals surface area contributed by atoms with Gasteiger partial charge in [-0.05, 0) is 30.5 Å². The van der Waals surface area contributed by atoms with Gasteiger partial charge in [-0.25, -0.2) is 0 Å². The molecule has 0 aliphatic carbocycles. The molecular weight excluding hydrogens is 374 g/mol. The summed E-state index contributed by atoms with van der Waals surface area (Å²) in [4.78, 5) is 34.5. The molecule has 0 spiro atoms. The fourth-order valence-corrected chi connectivity index (χ4v) is 4.91. The van der Waals surface area contributed by atoms with Gasteiger partial charge < -0.3 is 14.8 Å². The van der Waals surface area contributed by atoms with E-state index in [1.165, 1.54) is 5.56 Å². The normalized spacial score (nSPS) is 21.1. The van der Waals surface area contributed by atoms with Crippen molar-refractivity contribution in [1.29, 1.82) is 0 Å². The lowest BCUT2D eigenvalue weighted by atomic mass is 9.89. The van der Waals surface area contributed by atoms with Crippen LogP contribution in [0, 0.1) is 6.92 Å². The van der Waals surface area contributed by atoms with Crippen LogP contribution in [0.3, 0.4) is 0 Å². The first-order valence-corrected chi connectivity index (χ1v) is 10.8. The molecule has 2 aliphatic rings. The van der Waals surface area contributed by atoms with Gasteiger partial charge in [0.2, 0.25) is 5.91 Å². The molecule has 1 saturated heterocycles. The third-order valence-corrected chi connectivity index (χ3v) is 6.55. The number of para-hydroxylation sites is 1. The van der Waals surface area contributed by atoms with Crippen molar-refractivity contribution in [3.8, 4) is 0 Å². The molecule has 0 saturated carbocycles. The maximum Gasteiger partial charge on any atom is 0.251 e. The number of aromatic amines is 1. The maximum absolute atomic E-state index is 13.7. The maximum atomic E-state index is 13.7. The van der Waals surface area contributed by atoms with Crippen molar-refractivity contribution in [2.24, 2.45) is 0 Å². The van der Waals surface area contributed by atoms with Gasteiger partial charge in [0, 0.05) is 29.6 Å². The zero-order valence-electron chi connectivity index (χ0n) is 17.5. The number of nitrogens with one attached hydrogen (secondary N) is 1. The first-order valence-electron chi connectivity index (χ1n) is 10.8. The molecule has 2 atom stereocenters. The number of hydrogen-bond acceptors (Lipinski definition) is 2. The van der Waals surface area contributed by atoms with Crippen LogP contribution in [0.25, 0.3) is 10.9 Å². The van der Waals surface area contributed by atoms with Gasteiger partial charge in [-0.2, -0.15) is 0 Å². The number of rotatable bonds is 4. The molecule has 30 heavy (non-hydrogen) atoms. The summed E-state index contributed by atoms with van der Waals surface area (Å²) < 4.78 is 0. The zero-order chi connectivity index (χ0) is 20.8. The Bertz CT molecular complexity index is 1120. The van der Waals surface area contributed by atoms with Crippen molar-refractivity contribution in [3.63, 3.8) is 0 Å². The van der Waals surface area contributed by atoms with Crippen LogP contribution in [-0.4, -0.2) is 39.2 Å². The molecule has 5 heteroatoms. The van der Waals surface area contributed by atoms with E-state index in [1.54, 1.807) is 4.90 Å². The number of amides is 2. The van der Waals surface area contributed by atoms with E-state index in [1.807, 2.05) is 48.2 Å². The molecular formula is C25H27N3O2. The van der Waals surface area contributed by atoms with E-state index < -0.39 is 12.1 Å². The Hall–Kier alpha value is -3.08. The van der Waals surface area contributed by atoms with Crippen LogP contribution in [0.2, 0.25) is 0 Å². The van der Waals surface area contributed by atoms with Crippen molar-refractivity contribution < 1.29 is 9.59 Å². The number of hydrogen-bond donors (Lipinski definition) is 1. The molecule has 2 aromatic carbocycles. The first-order chi connectivity index (χ1) is 14.6. The number of piperazine rings is 1. The second kappa shape index (κ2) is 7.31. The third-order valence-electron chi connectivity index (χ3n) is 6.55. The Balaban J connectivity index is 1.56. The lowest BCUT2D eigenvalue weighted by molar-refractivity contribution is -0.163. The average molecular weight is 402 g/mol. The minimum absolute atomic E-state index is 0.0314. The summed E-state index contributed by atoms with van der Waals surface area (Å²) in [6.07, 6.45) is 2.46.